The fraction of sp³-hybridized carbons (Fsp3) is 0.455. The predicted octanol–water partition coefficient (Wildman–Crippen LogP) is 0.971. The molecule has 1 aliphatic rings. The molecule has 1 fully saturated rings. The van der Waals surface area contributed by atoms with Gasteiger partial charge in [0.25, 0.3) is 5.78 Å². The number of aryl methyl sites for hydroxylation is 2. The standard InChI is InChI=1S/C22H30N8O/c1-15-18(16(2)30-22(24-15)26-21(23)27-30)13-20(31)25-19(17-7-5-4-6-8-17)14-29-11-9-28(3)10-12-29/h4-8,19H,9-14H2,1-3H3,(H2,23,27)(H,25,31). The fourth-order valence-corrected chi connectivity index (χ4v) is 4.09. The fourth-order valence-electron chi connectivity index (χ4n) is 4.09. The first-order valence-corrected chi connectivity index (χ1v) is 10.6. The first kappa shape index (κ1) is 21.2. The highest BCUT2D eigenvalue weighted by molar-refractivity contribution is 5.79. The molecule has 1 saturated heterocycles. The second-order valence-electron chi connectivity index (χ2n) is 8.25. The second kappa shape index (κ2) is 8.99. The smallest absolute Gasteiger partial charge is 0.254 e. The maximum absolute atomic E-state index is 13.1. The molecule has 0 spiro atoms. The van der Waals surface area contributed by atoms with Crippen molar-refractivity contribution in [3.63, 3.8) is 0 Å². The van der Waals surface area contributed by atoms with E-state index in [1.807, 2.05) is 32.0 Å². The summed E-state index contributed by atoms with van der Waals surface area (Å²) < 4.78 is 1.60. The van der Waals surface area contributed by atoms with E-state index in [4.69, 9.17) is 5.73 Å². The normalized spacial score (nSPS) is 16.5. The molecule has 164 valence electrons. The monoisotopic (exact) mass is 422 g/mol. The Hall–Kier alpha value is -3.04. The molecule has 3 N–H and O–H groups in total. The van der Waals surface area contributed by atoms with Gasteiger partial charge in [0, 0.05) is 49.7 Å². The van der Waals surface area contributed by atoms with E-state index in [0.29, 0.717) is 5.78 Å². The van der Waals surface area contributed by atoms with Gasteiger partial charge in [0.05, 0.1) is 12.5 Å². The topological polar surface area (TPSA) is 105 Å². The van der Waals surface area contributed by atoms with Gasteiger partial charge >= 0.3 is 0 Å². The van der Waals surface area contributed by atoms with Crippen molar-refractivity contribution in [3.8, 4) is 0 Å². The number of rotatable bonds is 6. The van der Waals surface area contributed by atoms with Crippen molar-refractivity contribution in [2.75, 3.05) is 45.5 Å². The maximum atomic E-state index is 13.1. The highest BCUT2D eigenvalue weighted by atomic mass is 16.1. The van der Waals surface area contributed by atoms with E-state index >= 15 is 0 Å². The van der Waals surface area contributed by atoms with Gasteiger partial charge in [-0.25, -0.2) is 4.98 Å². The van der Waals surface area contributed by atoms with Crippen LogP contribution < -0.4 is 11.1 Å². The minimum atomic E-state index is -0.0728. The first-order valence-electron chi connectivity index (χ1n) is 10.6. The Kier molecular flexibility index (Phi) is 6.15. The van der Waals surface area contributed by atoms with Gasteiger partial charge in [-0.15, -0.1) is 5.10 Å². The minimum Gasteiger partial charge on any atom is -0.366 e. The zero-order chi connectivity index (χ0) is 22.0. The largest absolute Gasteiger partial charge is 0.366 e. The molecule has 31 heavy (non-hydrogen) atoms. The minimum absolute atomic E-state index is 0.0385. The summed E-state index contributed by atoms with van der Waals surface area (Å²) >= 11 is 0. The molecule has 0 bridgehead atoms. The lowest BCUT2D eigenvalue weighted by Gasteiger charge is -2.35. The molecule has 1 aromatic carbocycles. The van der Waals surface area contributed by atoms with E-state index in [-0.39, 0.29) is 24.3 Å². The highest BCUT2D eigenvalue weighted by Crippen LogP contribution is 2.18. The van der Waals surface area contributed by atoms with Crippen LogP contribution in [-0.4, -0.2) is 75.1 Å². The second-order valence-corrected chi connectivity index (χ2v) is 8.25. The highest BCUT2D eigenvalue weighted by Gasteiger charge is 2.22. The molecule has 0 saturated carbocycles. The number of likely N-dealkylation sites (N-methyl/N-ethyl adjacent to an activating group) is 1. The number of nitrogens with two attached hydrogens (primary N) is 1. The van der Waals surface area contributed by atoms with Crippen LogP contribution in [0, 0.1) is 13.8 Å². The average molecular weight is 423 g/mol. The zero-order valence-electron chi connectivity index (χ0n) is 18.4. The molecule has 1 aliphatic heterocycles. The van der Waals surface area contributed by atoms with Crippen molar-refractivity contribution in [2.24, 2.45) is 0 Å². The number of piperazine rings is 1. The summed E-state index contributed by atoms with van der Waals surface area (Å²) in [6.07, 6.45) is 0.229. The Morgan fingerprint density at radius 3 is 2.55 bits per heavy atom. The number of nitrogen functional groups attached to an aromatic ring is 1. The van der Waals surface area contributed by atoms with Crippen LogP contribution in [0.25, 0.3) is 5.78 Å². The van der Waals surface area contributed by atoms with E-state index in [1.54, 1.807) is 4.52 Å². The molecule has 3 heterocycles. The quantitative estimate of drug-likeness (QED) is 0.610. The maximum Gasteiger partial charge on any atom is 0.254 e. The van der Waals surface area contributed by atoms with E-state index in [2.05, 4.69) is 49.4 Å². The van der Waals surface area contributed by atoms with Crippen LogP contribution in [-0.2, 0) is 11.2 Å². The van der Waals surface area contributed by atoms with Crippen LogP contribution in [0.5, 0.6) is 0 Å². The van der Waals surface area contributed by atoms with Crippen molar-refractivity contribution in [1.29, 1.82) is 0 Å². The van der Waals surface area contributed by atoms with Crippen molar-refractivity contribution in [3.05, 3.63) is 52.8 Å². The number of hydrogen-bond acceptors (Lipinski definition) is 7. The Morgan fingerprint density at radius 1 is 1.13 bits per heavy atom. The van der Waals surface area contributed by atoms with Crippen LogP contribution in [0.15, 0.2) is 30.3 Å². The van der Waals surface area contributed by atoms with E-state index in [1.165, 1.54) is 0 Å². The summed E-state index contributed by atoms with van der Waals surface area (Å²) in [4.78, 5) is 26.4. The van der Waals surface area contributed by atoms with Gasteiger partial charge in [-0.2, -0.15) is 9.50 Å². The Balaban J connectivity index is 1.52. The van der Waals surface area contributed by atoms with Crippen LogP contribution in [0.1, 0.15) is 28.6 Å². The number of carbonyl (C=O) groups excluding carboxylic acids is 1. The Bertz CT molecular complexity index is 1060. The number of carbonyl (C=O) groups is 1. The van der Waals surface area contributed by atoms with Gasteiger partial charge in [0.2, 0.25) is 11.9 Å². The van der Waals surface area contributed by atoms with Gasteiger partial charge in [-0.05, 0) is 26.5 Å². The molecule has 0 radical (unpaired) electrons. The lowest BCUT2D eigenvalue weighted by molar-refractivity contribution is -0.121. The lowest BCUT2D eigenvalue weighted by atomic mass is 10.0. The lowest BCUT2D eigenvalue weighted by Crippen LogP contribution is -2.48. The molecule has 3 aromatic rings. The predicted molar refractivity (Wildman–Crippen MR) is 120 cm³/mol. The number of anilines is 1. The average Bonchev–Trinajstić information content (AvgIpc) is 3.13. The summed E-state index contributed by atoms with van der Waals surface area (Å²) in [5.41, 5.74) is 9.28. The molecule has 9 nitrogen and oxygen atoms in total. The van der Waals surface area contributed by atoms with E-state index in [0.717, 1.165) is 55.2 Å². The Labute approximate surface area is 182 Å². The third-order valence-electron chi connectivity index (χ3n) is 5.98. The summed E-state index contributed by atoms with van der Waals surface area (Å²) in [6.45, 7) is 8.68. The molecule has 4 rings (SSSR count). The van der Waals surface area contributed by atoms with E-state index < -0.39 is 0 Å². The summed E-state index contributed by atoms with van der Waals surface area (Å²) in [6, 6.07) is 10.1. The van der Waals surface area contributed by atoms with Crippen LogP contribution in [0.2, 0.25) is 0 Å². The molecular formula is C22H30N8O. The molecule has 0 aliphatic carbocycles. The molecule has 1 atom stereocenters. The van der Waals surface area contributed by atoms with Crippen LogP contribution in [0.4, 0.5) is 5.95 Å². The molecule has 2 aromatic heterocycles. The number of aromatic nitrogens is 4. The third-order valence-corrected chi connectivity index (χ3v) is 5.98. The van der Waals surface area contributed by atoms with Gasteiger partial charge < -0.3 is 16.0 Å². The van der Waals surface area contributed by atoms with Crippen molar-refractivity contribution in [1.82, 2.24) is 34.7 Å². The number of amides is 1. The third kappa shape index (κ3) is 4.83. The molecule has 9 heteroatoms. The first-order chi connectivity index (χ1) is 14.9. The molecule has 1 amide bonds. The van der Waals surface area contributed by atoms with Gasteiger partial charge in [-0.1, -0.05) is 30.3 Å². The summed E-state index contributed by atoms with van der Waals surface area (Å²) in [5.74, 6) is 0.588. The number of benzene rings is 1. The number of fused-ring (bicyclic) bond motifs is 1. The van der Waals surface area contributed by atoms with Crippen molar-refractivity contribution >= 4 is 17.6 Å². The van der Waals surface area contributed by atoms with Crippen molar-refractivity contribution in [2.45, 2.75) is 26.3 Å². The Morgan fingerprint density at radius 2 is 1.84 bits per heavy atom. The molecular weight excluding hydrogens is 392 g/mol. The number of nitrogens with zero attached hydrogens (tertiary/aromatic N) is 6. The molecule has 1 unspecified atom stereocenters. The summed E-state index contributed by atoms with van der Waals surface area (Å²) in [5, 5.41) is 7.45. The van der Waals surface area contributed by atoms with E-state index in [9.17, 15) is 4.79 Å². The van der Waals surface area contributed by atoms with Crippen molar-refractivity contribution < 1.29 is 4.79 Å². The SMILES string of the molecule is Cc1nc2nc(N)nn2c(C)c1CC(=O)NC(CN1CCN(C)CC1)c1ccccc1. The number of nitrogens with one attached hydrogen (secondary N) is 1. The zero-order valence-corrected chi connectivity index (χ0v) is 18.4. The number of hydrogen-bond donors (Lipinski definition) is 2. The van der Waals surface area contributed by atoms with Gasteiger partial charge in [-0.3, -0.25) is 9.69 Å². The van der Waals surface area contributed by atoms with Crippen LogP contribution in [0.3, 0.4) is 0 Å². The van der Waals surface area contributed by atoms with Gasteiger partial charge in [0.15, 0.2) is 0 Å². The van der Waals surface area contributed by atoms with Gasteiger partial charge in [0.1, 0.15) is 0 Å². The van der Waals surface area contributed by atoms with Crippen LogP contribution >= 0.6 is 0 Å². The summed E-state index contributed by atoms with van der Waals surface area (Å²) in [7, 11) is 2.14.